The lowest BCUT2D eigenvalue weighted by Crippen LogP contribution is -2.20. The molecule has 3 heterocycles. The average Bonchev–Trinajstić information content (AvgIpc) is 3.09. The van der Waals surface area contributed by atoms with Crippen LogP contribution in [-0.2, 0) is 6.54 Å². The van der Waals surface area contributed by atoms with Crippen molar-refractivity contribution in [1.29, 1.82) is 0 Å². The topological polar surface area (TPSA) is 56.8 Å². The van der Waals surface area contributed by atoms with Gasteiger partial charge in [-0.05, 0) is 38.8 Å². The van der Waals surface area contributed by atoms with Crippen molar-refractivity contribution in [2.45, 2.75) is 33.2 Å². The van der Waals surface area contributed by atoms with Gasteiger partial charge in [0.15, 0.2) is 5.82 Å². The fourth-order valence-electron chi connectivity index (χ4n) is 2.73. The van der Waals surface area contributed by atoms with Crippen molar-refractivity contribution in [3.63, 3.8) is 0 Å². The summed E-state index contributed by atoms with van der Waals surface area (Å²) in [6.45, 7) is 7.08. The number of nitrogens with zero attached hydrogens (tertiary/aromatic N) is 3. The van der Waals surface area contributed by atoms with Gasteiger partial charge >= 0.3 is 0 Å². The van der Waals surface area contributed by atoms with Gasteiger partial charge in [0.1, 0.15) is 0 Å². The third-order valence-electron chi connectivity index (χ3n) is 3.93. The zero-order valence-electron chi connectivity index (χ0n) is 12.1. The number of anilines is 2. The van der Waals surface area contributed by atoms with Crippen LogP contribution in [0.1, 0.15) is 29.8 Å². The molecule has 1 aliphatic heterocycles. The Kier molecular flexibility index (Phi) is 3.58. The molecule has 2 N–H and O–H groups in total. The first-order valence-corrected chi connectivity index (χ1v) is 7.20. The van der Waals surface area contributed by atoms with E-state index in [9.17, 15) is 0 Å². The third-order valence-corrected chi connectivity index (χ3v) is 3.93. The Morgan fingerprint density at radius 3 is 2.80 bits per heavy atom. The minimum atomic E-state index is 0.778. The van der Waals surface area contributed by atoms with E-state index in [2.05, 4.69) is 38.4 Å². The molecule has 0 bridgehead atoms. The fourth-order valence-corrected chi connectivity index (χ4v) is 2.73. The summed E-state index contributed by atoms with van der Waals surface area (Å²) >= 11 is 0. The van der Waals surface area contributed by atoms with Crippen LogP contribution in [0.25, 0.3) is 0 Å². The summed E-state index contributed by atoms with van der Waals surface area (Å²) in [5.74, 6) is 1.07. The van der Waals surface area contributed by atoms with E-state index in [0.717, 1.165) is 42.5 Å². The zero-order valence-corrected chi connectivity index (χ0v) is 12.1. The Morgan fingerprint density at radius 2 is 2.10 bits per heavy atom. The smallest absolute Gasteiger partial charge is 0.151 e. The maximum Gasteiger partial charge on any atom is 0.151 e. The number of aromatic amines is 1. The highest BCUT2D eigenvalue weighted by molar-refractivity contribution is 5.65. The number of aryl methyl sites for hydroxylation is 2. The molecule has 1 fully saturated rings. The number of nitrogens with one attached hydrogen (secondary N) is 2. The van der Waals surface area contributed by atoms with Crippen LogP contribution in [0.15, 0.2) is 18.3 Å². The average molecular weight is 271 g/mol. The Labute approximate surface area is 119 Å². The van der Waals surface area contributed by atoms with E-state index >= 15 is 0 Å². The molecular formula is C15H21N5. The summed E-state index contributed by atoms with van der Waals surface area (Å²) < 4.78 is 0. The van der Waals surface area contributed by atoms with E-state index in [1.165, 1.54) is 18.4 Å². The molecule has 0 radical (unpaired) electrons. The fraction of sp³-hybridized carbons (Fsp3) is 0.467. The first kappa shape index (κ1) is 13.0. The molecule has 0 saturated carbocycles. The molecule has 0 aliphatic carbocycles. The molecule has 5 nitrogen and oxygen atoms in total. The maximum atomic E-state index is 4.55. The second-order valence-electron chi connectivity index (χ2n) is 5.33. The summed E-state index contributed by atoms with van der Waals surface area (Å²) in [5.41, 5.74) is 4.53. The van der Waals surface area contributed by atoms with Gasteiger partial charge in [0.25, 0.3) is 0 Å². The van der Waals surface area contributed by atoms with Crippen molar-refractivity contribution >= 4 is 11.5 Å². The Morgan fingerprint density at radius 1 is 1.30 bits per heavy atom. The van der Waals surface area contributed by atoms with Gasteiger partial charge in [0, 0.05) is 37.1 Å². The quantitative estimate of drug-likeness (QED) is 0.897. The molecule has 0 spiro atoms. The number of hydrogen-bond donors (Lipinski definition) is 2. The van der Waals surface area contributed by atoms with Crippen molar-refractivity contribution in [3.05, 3.63) is 35.3 Å². The molecule has 2 aromatic rings. The van der Waals surface area contributed by atoms with Crippen LogP contribution in [-0.4, -0.2) is 28.3 Å². The van der Waals surface area contributed by atoms with Crippen LogP contribution in [0.4, 0.5) is 11.5 Å². The summed E-state index contributed by atoms with van der Waals surface area (Å²) in [7, 11) is 0. The molecule has 106 valence electrons. The Balaban J connectivity index is 1.77. The summed E-state index contributed by atoms with van der Waals surface area (Å²) in [6.07, 6.45) is 4.39. The second-order valence-corrected chi connectivity index (χ2v) is 5.33. The number of H-pyrrole nitrogens is 1. The Bertz CT molecular complexity index is 564. The highest BCUT2D eigenvalue weighted by Crippen LogP contribution is 2.26. The van der Waals surface area contributed by atoms with Gasteiger partial charge in [-0.25, -0.2) is 4.98 Å². The van der Waals surface area contributed by atoms with Gasteiger partial charge in [0.05, 0.1) is 11.4 Å². The summed E-state index contributed by atoms with van der Waals surface area (Å²) in [4.78, 5) is 6.90. The number of aromatic nitrogens is 3. The molecule has 0 aromatic carbocycles. The predicted molar refractivity (Wildman–Crippen MR) is 81.1 cm³/mol. The van der Waals surface area contributed by atoms with Crippen LogP contribution in [0.2, 0.25) is 0 Å². The lowest BCUT2D eigenvalue weighted by Gasteiger charge is -2.20. The Hall–Kier alpha value is -2.04. The van der Waals surface area contributed by atoms with Gasteiger partial charge in [-0.15, -0.1) is 0 Å². The SMILES string of the molecule is Cc1n[nH]c(C)c1CNc1cccnc1N1CCCC1. The van der Waals surface area contributed by atoms with E-state index < -0.39 is 0 Å². The van der Waals surface area contributed by atoms with E-state index in [1.807, 2.05) is 19.2 Å². The predicted octanol–water partition coefficient (Wildman–Crippen LogP) is 2.63. The van der Waals surface area contributed by atoms with E-state index in [4.69, 9.17) is 0 Å². The molecule has 0 amide bonds. The van der Waals surface area contributed by atoms with Gasteiger partial charge in [-0.3, -0.25) is 5.10 Å². The lowest BCUT2D eigenvalue weighted by molar-refractivity contribution is 0.934. The normalized spacial score (nSPS) is 14.8. The van der Waals surface area contributed by atoms with Gasteiger partial charge in [-0.1, -0.05) is 0 Å². The van der Waals surface area contributed by atoms with Crippen molar-refractivity contribution in [1.82, 2.24) is 15.2 Å². The van der Waals surface area contributed by atoms with E-state index in [1.54, 1.807) is 0 Å². The second kappa shape index (κ2) is 5.53. The van der Waals surface area contributed by atoms with Gasteiger partial charge in [-0.2, -0.15) is 5.10 Å². The van der Waals surface area contributed by atoms with Crippen LogP contribution in [0.5, 0.6) is 0 Å². The van der Waals surface area contributed by atoms with Crippen LogP contribution < -0.4 is 10.2 Å². The monoisotopic (exact) mass is 271 g/mol. The number of hydrogen-bond acceptors (Lipinski definition) is 4. The van der Waals surface area contributed by atoms with Crippen LogP contribution >= 0.6 is 0 Å². The molecule has 3 rings (SSSR count). The van der Waals surface area contributed by atoms with Gasteiger partial charge < -0.3 is 10.2 Å². The molecule has 2 aromatic heterocycles. The highest BCUT2D eigenvalue weighted by Gasteiger charge is 2.17. The van der Waals surface area contributed by atoms with Gasteiger partial charge in [0.2, 0.25) is 0 Å². The molecule has 5 heteroatoms. The molecule has 0 unspecified atom stereocenters. The molecular weight excluding hydrogens is 250 g/mol. The summed E-state index contributed by atoms with van der Waals surface area (Å²) in [5, 5.41) is 10.8. The number of pyridine rings is 1. The molecule has 0 atom stereocenters. The minimum Gasteiger partial charge on any atom is -0.378 e. The van der Waals surface area contributed by atoms with E-state index in [0.29, 0.717) is 0 Å². The van der Waals surface area contributed by atoms with Crippen LogP contribution in [0.3, 0.4) is 0 Å². The highest BCUT2D eigenvalue weighted by atomic mass is 15.2. The first-order valence-electron chi connectivity index (χ1n) is 7.20. The minimum absolute atomic E-state index is 0.778. The van der Waals surface area contributed by atoms with E-state index in [-0.39, 0.29) is 0 Å². The lowest BCUT2D eigenvalue weighted by atomic mass is 10.2. The molecule has 20 heavy (non-hydrogen) atoms. The van der Waals surface area contributed by atoms with Crippen molar-refractivity contribution in [2.24, 2.45) is 0 Å². The zero-order chi connectivity index (χ0) is 13.9. The standard InChI is InChI=1S/C15H21N5/c1-11-13(12(2)19-18-11)10-17-14-6-5-7-16-15(14)20-8-3-4-9-20/h5-7,17H,3-4,8-10H2,1-2H3,(H,18,19). The maximum absolute atomic E-state index is 4.55. The van der Waals surface area contributed by atoms with Crippen molar-refractivity contribution in [2.75, 3.05) is 23.3 Å². The first-order chi connectivity index (χ1) is 9.75. The van der Waals surface area contributed by atoms with Crippen molar-refractivity contribution in [3.8, 4) is 0 Å². The molecule has 1 saturated heterocycles. The largest absolute Gasteiger partial charge is 0.378 e. The molecule has 1 aliphatic rings. The number of rotatable bonds is 4. The van der Waals surface area contributed by atoms with Crippen LogP contribution in [0, 0.1) is 13.8 Å². The third kappa shape index (κ3) is 2.48. The van der Waals surface area contributed by atoms with Crippen molar-refractivity contribution < 1.29 is 0 Å². The summed E-state index contributed by atoms with van der Waals surface area (Å²) in [6, 6.07) is 4.09.